The van der Waals surface area contributed by atoms with Crippen LogP contribution >= 0.6 is 0 Å². The molecule has 0 bridgehead atoms. The number of nitrogens with zero attached hydrogens (tertiary/aromatic N) is 5. The highest BCUT2D eigenvalue weighted by Crippen LogP contribution is 2.24. The Labute approximate surface area is 170 Å². The van der Waals surface area contributed by atoms with Crippen molar-refractivity contribution in [1.82, 2.24) is 24.6 Å². The molecule has 1 aromatic carbocycles. The maximum atomic E-state index is 12.5. The van der Waals surface area contributed by atoms with Crippen molar-refractivity contribution in [2.24, 2.45) is 0 Å². The van der Waals surface area contributed by atoms with E-state index in [1.807, 2.05) is 29.2 Å². The molecule has 0 radical (unpaired) electrons. The van der Waals surface area contributed by atoms with Gasteiger partial charge in [0.25, 0.3) is 0 Å². The zero-order chi connectivity index (χ0) is 20.2. The summed E-state index contributed by atoms with van der Waals surface area (Å²) in [6.45, 7) is 5.66. The Morgan fingerprint density at radius 1 is 1.03 bits per heavy atom. The van der Waals surface area contributed by atoms with Gasteiger partial charge in [0.1, 0.15) is 5.82 Å². The molecular formula is C21H28N6O2. The van der Waals surface area contributed by atoms with Crippen LogP contribution in [0.2, 0.25) is 0 Å². The van der Waals surface area contributed by atoms with E-state index in [9.17, 15) is 9.59 Å². The Morgan fingerprint density at radius 2 is 1.86 bits per heavy atom. The molecule has 1 saturated heterocycles. The molecule has 154 valence electrons. The third-order valence-electron chi connectivity index (χ3n) is 5.70. The molecule has 0 unspecified atom stereocenters. The monoisotopic (exact) mass is 396 g/mol. The van der Waals surface area contributed by atoms with Crippen LogP contribution in [0.1, 0.15) is 32.0 Å². The van der Waals surface area contributed by atoms with Crippen molar-refractivity contribution in [3.8, 4) is 11.4 Å². The van der Waals surface area contributed by atoms with E-state index in [4.69, 9.17) is 0 Å². The number of carbonyl (C=O) groups excluding carboxylic acids is 2. The largest absolute Gasteiger partial charge is 0.340 e. The van der Waals surface area contributed by atoms with E-state index in [1.165, 1.54) is 6.42 Å². The first-order valence-electron chi connectivity index (χ1n) is 10.4. The van der Waals surface area contributed by atoms with E-state index >= 15 is 0 Å². The van der Waals surface area contributed by atoms with Gasteiger partial charge in [-0.15, -0.1) is 10.2 Å². The van der Waals surface area contributed by atoms with Crippen LogP contribution in [0, 0.1) is 0 Å². The Morgan fingerprint density at radius 3 is 2.66 bits per heavy atom. The van der Waals surface area contributed by atoms with Gasteiger partial charge in [-0.2, -0.15) is 0 Å². The van der Waals surface area contributed by atoms with Crippen LogP contribution in [-0.2, 0) is 22.6 Å². The first kappa shape index (κ1) is 19.6. The number of benzene rings is 1. The van der Waals surface area contributed by atoms with Crippen molar-refractivity contribution in [3.05, 3.63) is 30.1 Å². The molecule has 1 fully saturated rings. The third kappa shape index (κ3) is 4.64. The van der Waals surface area contributed by atoms with E-state index in [2.05, 4.69) is 25.0 Å². The van der Waals surface area contributed by atoms with Crippen molar-refractivity contribution in [3.63, 3.8) is 0 Å². The number of piperazine rings is 1. The predicted molar refractivity (Wildman–Crippen MR) is 110 cm³/mol. The van der Waals surface area contributed by atoms with E-state index in [-0.39, 0.29) is 11.8 Å². The van der Waals surface area contributed by atoms with Crippen LogP contribution in [0.15, 0.2) is 24.3 Å². The van der Waals surface area contributed by atoms with E-state index in [1.54, 1.807) is 6.92 Å². The molecule has 2 aliphatic heterocycles. The lowest BCUT2D eigenvalue weighted by atomic mass is 10.2. The highest BCUT2D eigenvalue weighted by molar-refractivity contribution is 5.92. The zero-order valence-corrected chi connectivity index (χ0v) is 16.9. The summed E-state index contributed by atoms with van der Waals surface area (Å²) >= 11 is 0. The van der Waals surface area contributed by atoms with Gasteiger partial charge < -0.3 is 14.8 Å². The van der Waals surface area contributed by atoms with Gasteiger partial charge in [0.05, 0.1) is 6.54 Å². The number of amides is 2. The van der Waals surface area contributed by atoms with Gasteiger partial charge in [-0.25, -0.2) is 0 Å². The van der Waals surface area contributed by atoms with Crippen molar-refractivity contribution < 1.29 is 9.59 Å². The summed E-state index contributed by atoms with van der Waals surface area (Å²) in [7, 11) is 0. The molecule has 0 spiro atoms. The van der Waals surface area contributed by atoms with Crippen LogP contribution in [0.25, 0.3) is 11.4 Å². The number of aryl methyl sites for hydroxylation is 1. The molecule has 1 aromatic heterocycles. The van der Waals surface area contributed by atoms with Gasteiger partial charge in [0.2, 0.25) is 11.8 Å². The second-order valence-electron chi connectivity index (χ2n) is 7.81. The summed E-state index contributed by atoms with van der Waals surface area (Å²) in [6, 6.07) is 7.82. The Kier molecular flexibility index (Phi) is 5.89. The molecule has 3 heterocycles. The maximum Gasteiger partial charge on any atom is 0.238 e. The molecule has 2 aromatic rings. The zero-order valence-electron chi connectivity index (χ0n) is 16.9. The minimum atomic E-state index is -0.0431. The average molecular weight is 396 g/mol. The standard InChI is InChI=1S/C21H28N6O2/c1-16(28)26-12-10-25(11-13-26)15-20(29)22-18-7-5-6-17(14-18)21-24-23-19-8-3-2-4-9-27(19)21/h5-7,14H,2-4,8-13,15H2,1H3,(H,22,29). The number of nitrogens with one attached hydrogen (secondary N) is 1. The molecule has 0 atom stereocenters. The lowest BCUT2D eigenvalue weighted by Crippen LogP contribution is -2.49. The van der Waals surface area contributed by atoms with Gasteiger partial charge in [0.15, 0.2) is 5.82 Å². The highest BCUT2D eigenvalue weighted by atomic mass is 16.2. The first-order valence-corrected chi connectivity index (χ1v) is 10.4. The Bertz CT molecular complexity index is 885. The third-order valence-corrected chi connectivity index (χ3v) is 5.70. The fraction of sp³-hybridized carbons (Fsp3) is 0.524. The van der Waals surface area contributed by atoms with Crippen molar-refractivity contribution in [2.45, 2.75) is 39.2 Å². The van der Waals surface area contributed by atoms with Gasteiger partial charge in [-0.3, -0.25) is 14.5 Å². The number of aromatic nitrogens is 3. The number of hydrogen-bond acceptors (Lipinski definition) is 5. The van der Waals surface area contributed by atoms with Crippen LogP contribution in [-0.4, -0.2) is 69.1 Å². The normalized spacial score (nSPS) is 17.5. The SMILES string of the molecule is CC(=O)N1CCN(CC(=O)Nc2cccc(-c3nnc4n3CCCCC4)c2)CC1. The first-order chi connectivity index (χ1) is 14.1. The predicted octanol–water partition coefficient (Wildman–Crippen LogP) is 1.77. The molecule has 0 aliphatic carbocycles. The summed E-state index contributed by atoms with van der Waals surface area (Å²) < 4.78 is 2.21. The number of fused-ring (bicyclic) bond motifs is 1. The summed E-state index contributed by atoms with van der Waals surface area (Å²) in [6.07, 6.45) is 4.50. The lowest BCUT2D eigenvalue weighted by molar-refractivity contribution is -0.130. The quantitative estimate of drug-likeness (QED) is 0.852. The molecule has 0 saturated carbocycles. The van der Waals surface area contributed by atoms with Gasteiger partial charge in [0, 0.05) is 57.3 Å². The topological polar surface area (TPSA) is 83.4 Å². The molecule has 8 nitrogen and oxygen atoms in total. The molecule has 29 heavy (non-hydrogen) atoms. The highest BCUT2D eigenvalue weighted by Gasteiger charge is 2.21. The molecule has 8 heteroatoms. The second kappa shape index (κ2) is 8.73. The van der Waals surface area contributed by atoms with Crippen molar-refractivity contribution in [2.75, 3.05) is 38.0 Å². The number of carbonyl (C=O) groups is 2. The van der Waals surface area contributed by atoms with E-state index < -0.39 is 0 Å². The van der Waals surface area contributed by atoms with E-state index in [0.29, 0.717) is 19.6 Å². The Balaban J connectivity index is 1.39. The van der Waals surface area contributed by atoms with E-state index in [0.717, 1.165) is 61.8 Å². The number of rotatable bonds is 4. The minimum absolute atomic E-state index is 0.0431. The lowest BCUT2D eigenvalue weighted by Gasteiger charge is -2.33. The summed E-state index contributed by atoms with van der Waals surface area (Å²) in [5, 5.41) is 11.8. The van der Waals surface area contributed by atoms with Crippen LogP contribution in [0.5, 0.6) is 0 Å². The second-order valence-corrected chi connectivity index (χ2v) is 7.81. The smallest absolute Gasteiger partial charge is 0.238 e. The fourth-order valence-corrected chi connectivity index (χ4v) is 4.06. The Hall–Kier alpha value is -2.74. The number of anilines is 1. The summed E-state index contributed by atoms with van der Waals surface area (Å²) in [5.41, 5.74) is 1.74. The van der Waals surface area contributed by atoms with Gasteiger partial charge >= 0.3 is 0 Å². The molecular weight excluding hydrogens is 368 g/mol. The summed E-state index contributed by atoms with van der Waals surface area (Å²) in [5.74, 6) is 1.98. The maximum absolute atomic E-state index is 12.5. The van der Waals surface area contributed by atoms with Gasteiger partial charge in [-0.1, -0.05) is 18.6 Å². The van der Waals surface area contributed by atoms with Crippen LogP contribution < -0.4 is 5.32 Å². The van der Waals surface area contributed by atoms with Crippen molar-refractivity contribution >= 4 is 17.5 Å². The minimum Gasteiger partial charge on any atom is -0.340 e. The van der Waals surface area contributed by atoms with Crippen molar-refractivity contribution in [1.29, 1.82) is 0 Å². The molecule has 2 amide bonds. The molecule has 2 aliphatic rings. The fourth-order valence-electron chi connectivity index (χ4n) is 4.06. The van der Waals surface area contributed by atoms with Crippen LogP contribution in [0.3, 0.4) is 0 Å². The molecule has 4 rings (SSSR count). The average Bonchev–Trinajstić information content (AvgIpc) is 2.97. The van der Waals surface area contributed by atoms with Crippen LogP contribution in [0.4, 0.5) is 5.69 Å². The van der Waals surface area contributed by atoms with Gasteiger partial charge in [-0.05, 0) is 25.0 Å². The molecule has 1 N–H and O–H groups in total. The number of hydrogen-bond donors (Lipinski definition) is 1. The summed E-state index contributed by atoms with van der Waals surface area (Å²) in [4.78, 5) is 27.8.